The van der Waals surface area contributed by atoms with Gasteiger partial charge in [0.25, 0.3) is 11.5 Å². The average molecular weight is 595 g/mol. The fraction of sp³-hybridized carbons (Fsp3) is 0.219. The summed E-state index contributed by atoms with van der Waals surface area (Å²) in [5.74, 6) is -1.59. The lowest BCUT2D eigenvalue weighted by Crippen LogP contribution is -2.34. The number of hydrogen-bond donors (Lipinski definition) is 2. The maximum atomic E-state index is 13.5. The highest BCUT2D eigenvalue weighted by Gasteiger charge is 2.30. The summed E-state index contributed by atoms with van der Waals surface area (Å²) in [6.07, 6.45) is -3.28. The van der Waals surface area contributed by atoms with Crippen molar-refractivity contribution in [1.82, 2.24) is 4.57 Å². The van der Waals surface area contributed by atoms with E-state index in [2.05, 4.69) is 5.32 Å². The summed E-state index contributed by atoms with van der Waals surface area (Å²) in [6.45, 7) is 3.50. The van der Waals surface area contributed by atoms with E-state index in [4.69, 9.17) is 9.47 Å². The Morgan fingerprint density at radius 1 is 0.930 bits per heavy atom. The molecule has 4 rings (SSSR count). The third-order valence-electron chi connectivity index (χ3n) is 6.33. The molecule has 1 aromatic heterocycles. The third-order valence-corrected chi connectivity index (χ3v) is 6.33. The Morgan fingerprint density at radius 2 is 1.58 bits per heavy atom. The Balaban J connectivity index is 1.70. The zero-order valence-electron chi connectivity index (χ0n) is 23.3. The minimum atomic E-state index is -4.58. The van der Waals surface area contributed by atoms with Crippen molar-refractivity contribution < 1.29 is 37.3 Å². The second-order valence-electron chi connectivity index (χ2n) is 9.93. The van der Waals surface area contributed by atoms with Crippen molar-refractivity contribution in [1.29, 1.82) is 0 Å². The number of amides is 1. The van der Waals surface area contributed by atoms with E-state index in [1.807, 2.05) is 44.2 Å². The van der Waals surface area contributed by atoms with E-state index in [9.17, 15) is 32.7 Å². The molecule has 0 radical (unpaired) electrons. The van der Waals surface area contributed by atoms with Gasteiger partial charge in [0, 0.05) is 17.3 Å². The van der Waals surface area contributed by atoms with Gasteiger partial charge in [-0.05, 0) is 67.4 Å². The van der Waals surface area contributed by atoms with E-state index < -0.39 is 35.2 Å². The molecule has 0 fully saturated rings. The van der Waals surface area contributed by atoms with Crippen LogP contribution in [0.2, 0.25) is 0 Å². The standard InChI is InChI=1S/C32H29F3N2O6/c1-20(2)43-26-14-10-22(11-15-26)24-16-27(36-29(38)23-8-12-25(13-9-23)32(33,34)35)30(39)37(17-24)28(31(40)41)19-42-18-21-6-4-3-5-7-21/h3-17,20,28H,18-19H2,1-2H3,(H,36,38)(H,40,41)/t28-/m0/s1. The Labute approximate surface area is 245 Å². The van der Waals surface area contributed by atoms with Crippen LogP contribution in [0.3, 0.4) is 0 Å². The lowest BCUT2D eigenvalue weighted by atomic mass is 10.1. The molecule has 1 amide bonds. The number of nitrogens with zero attached hydrogens (tertiary/aromatic N) is 1. The number of carboxylic acid groups (broad SMARTS) is 1. The summed E-state index contributed by atoms with van der Waals surface area (Å²) in [6, 6.07) is 19.3. The number of pyridine rings is 1. The first-order valence-corrected chi connectivity index (χ1v) is 13.3. The molecule has 0 aliphatic heterocycles. The van der Waals surface area contributed by atoms with Crippen LogP contribution in [0.1, 0.15) is 41.4 Å². The third kappa shape index (κ3) is 8.10. The van der Waals surface area contributed by atoms with Crippen LogP contribution in [0.15, 0.2) is 95.9 Å². The van der Waals surface area contributed by atoms with Gasteiger partial charge >= 0.3 is 12.1 Å². The van der Waals surface area contributed by atoms with Crippen molar-refractivity contribution >= 4 is 17.6 Å². The normalized spacial score (nSPS) is 12.1. The number of hydrogen-bond acceptors (Lipinski definition) is 5. The zero-order chi connectivity index (χ0) is 31.1. The van der Waals surface area contributed by atoms with E-state index in [0.717, 1.165) is 34.4 Å². The highest BCUT2D eigenvalue weighted by Crippen LogP contribution is 2.29. The number of rotatable bonds is 11. The molecule has 43 heavy (non-hydrogen) atoms. The minimum Gasteiger partial charge on any atom is -0.491 e. The number of carboxylic acids is 1. The van der Waals surface area contributed by atoms with Gasteiger partial charge in [0.1, 0.15) is 11.4 Å². The Bertz CT molecular complexity index is 1620. The monoisotopic (exact) mass is 594 g/mol. The van der Waals surface area contributed by atoms with Crippen molar-refractivity contribution in [3.05, 3.63) is 118 Å². The van der Waals surface area contributed by atoms with Crippen LogP contribution in [0.25, 0.3) is 11.1 Å². The van der Waals surface area contributed by atoms with E-state index in [0.29, 0.717) is 16.9 Å². The molecule has 11 heteroatoms. The van der Waals surface area contributed by atoms with Gasteiger partial charge in [-0.3, -0.25) is 14.2 Å². The van der Waals surface area contributed by atoms with E-state index in [1.54, 1.807) is 24.3 Å². The van der Waals surface area contributed by atoms with E-state index >= 15 is 0 Å². The van der Waals surface area contributed by atoms with Gasteiger partial charge in [0.05, 0.1) is 24.9 Å². The van der Waals surface area contributed by atoms with Crippen LogP contribution in [0, 0.1) is 0 Å². The Hall–Kier alpha value is -4.90. The molecular weight excluding hydrogens is 565 g/mol. The molecule has 224 valence electrons. The fourth-order valence-electron chi connectivity index (χ4n) is 4.22. The van der Waals surface area contributed by atoms with Crippen LogP contribution in [0.4, 0.5) is 18.9 Å². The van der Waals surface area contributed by atoms with Gasteiger partial charge in [0.15, 0.2) is 6.04 Å². The molecule has 0 saturated heterocycles. The number of aromatic nitrogens is 1. The molecule has 0 bridgehead atoms. The number of ether oxygens (including phenoxy) is 2. The second kappa shape index (κ2) is 13.4. The summed E-state index contributed by atoms with van der Waals surface area (Å²) in [4.78, 5) is 38.8. The van der Waals surface area contributed by atoms with E-state index in [1.165, 1.54) is 12.3 Å². The lowest BCUT2D eigenvalue weighted by Gasteiger charge is -2.19. The number of halogens is 3. The topological polar surface area (TPSA) is 107 Å². The molecule has 0 spiro atoms. The van der Waals surface area contributed by atoms with Crippen molar-refractivity contribution in [3.8, 4) is 16.9 Å². The Kier molecular flexibility index (Phi) is 9.66. The Morgan fingerprint density at radius 3 is 2.16 bits per heavy atom. The molecule has 0 aliphatic carbocycles. The lowest BCUT2D eigenvalue weighted by molar-refractivity contribution is -0.143. The smallest absolute Gasteiger partial charge is 0.416 e. The highest BCUT2D eigenvalue weighted by molar-refractivity contribution is 6.04. The zero-order valence-corrected chi connectivity index (χ0v) is 23.3. The molecule has 1 atom stereocenters. The van der Waals surface area contributed by atoms with Gasteiger partial charge in [0.2, 0.25) is 0 Å². The predicted molar refractivity (Wildman–Crippen MR) is 154 cm³/mol. The van der Waals surface area contributed by atoms with Crippen molar-refractivity contribution in [2.24, 2.45) is 0 Å². The van der Waals surface area contributed by atoms with Gasteiger partial charge < -0.3 is 19.9 Å². The van der Waals surface area contributed by atoms with Crippen molar-refractivity contribution in [3.63, 3.8) is 0 Å². The van der Waals surface area contributed by atoms with Crippen molar-refractivity contribution in [2.45, 2.75) is 38.8 Å². The summed E-state index contributed by atoms with van der Waals surface area (Å²) >= 11 is 0. The molecule has 1 heterocycles. The SMILES string of the molecule is CC(C)Oc1ccc(-c2cc(NC(=O)c3ccc(C(F)(F)F)cc3)c(=O)n([C@@H](COCc3ccccc3)C(=O)O)c2)cc1. The summed E-state index contributed by atoms with van der Waals surface area (Å²) in [7, 11) is 0. The van der Waals surface area contributed by atoms with Crippen molar-refractivity contribution in [2.75, 3.05) is 11.9 Å². The van der Waals surface area contributed by atoms with Gasteiger partial charge in [-0.2, -0.15) is 13.2 Å². The predicted octanol–water partition coefficient (Wildman–Crippen LogP) is 6.42. The van der Waals surface area contributed by atoms with Gasteiger partial charge in [-0.25, -0.2) is 4.79 Å². The number of benzene rings is 3. The molecular formula is C32H29F3N2O6. The highest BCUT2D eigenvalue weighted by atomic mass is 19.4. The maximum Gasteiger partial charge on any atom is 0.416 e. The van der Waals surface area contributed by atoms with Crippen LogP contribution >= 0.6 is 0 Å². The van der Waals surface area contributed by atoms with Gasteiger partial charge in [-0.15, -0.1) is 0 Å². The quantitative estimate of drug-likeness (QED) is 0.208. The van der Waals surface area contributed by atoms with Crippen LogP contribution in [-0.4, -0.2) is 34.3 Å². The fourth-order valence-corrected chi connectivity index (χ4v) is 4.22. The first-order valence-electron chi connectivity index (χ1n) is 13.3. The second-order valence-corrected chi connectivity index (χ2v) is 9.93. The average Bonchev–Trinajstić information content (AvgIpc) is 2.97. The number of alkyl halides is 3. The maximum absolute atomic E-state index is 13.5. The number of carbonyl (C=O) groups excluding carboxylic acids is 1. The molecule has 8 nitrogen and oxygen atoms in total. The molecule has 4 aromatic rings. The summed E-state index contributed by atoms with van der Waals surface area (Å²) in [5, 5.41) is 12.5. The number of anilines is 1. The van der Waals surface area contributed by atoms with Gasteiger partial charge in [-0.1, -0.05) is 42.5 Å². The molecule has 0 unspecified atom stereocenters. The largest absolute Gasteiger partial charge is 0.491 e. The first kappa shape index (κ1) is 31.0. The molecule has 0 saturated carbocycles. The van der Waals surface area contributed by atoms with E-state index in [-0.39, 0.29) is 30.6 Å². The van der Waals surface area contributed by atoms with Crippen LogP contribution in [-0.2, 0) is 22.3 Å². The van der Waals surface area contributed by atoms with Crippen LogP contribution in [0.5, 0.6) is 5.75 Å². The summed E-state index contributed by atoms with van der Waals surface area (Å²) in [5.41, 5.74) is -0.366. The molecule has 0 aliphatic rings. The number of aliphatic carboxylic acids is 1. The molecule has 3 aromatic carbocycles. The molecule has 2 N–H and O–H groups in total. The summed E-state index contributed by atoms with van der Waals surface area (Å²) < 4.78 is 51.2. The first-order chi connectivity index (χ1) is 20.4. The van der Waals surface area contributed by atoms with Crippen LogP contribution < -0.4 is 15.6 Å². The minimum absolute atomic E-state index is 0.0630. The number of nitrogens with one attached hydrogen (secondary N) is 1. The number of carbonyl (C=O) groups is 2.